The van der Waals surface area contributed by atoms with Gasteiger partial charge in [-0.2, -0.15) is 5.10 Å². The highest BCUT2D eigenvalue weighted by molar-refractivity contribution is 5.76. The van der Waals surface area contributed by atoms with Crippen LogP contribution in [0.15, 0.2) is 36.7 Å². The molecule has 0 radical (unpaired) electrons. The fourth-order valence-electron chi connectivity index (χ4n) is 1.74. The quantitative estimate of drug-likeness (QED) is 0.838. The second kappa shape index (κ2) is 4.82. The Kier molecular flexibility index (Phi) is 3.23. The molecule has 4 heteroatoms. The lowest BCUT2D eigenvalue weighted by Gasteiger charge is -2.08. The second-order valence-electron chi connectivity index (χ2n) is 4.19. The highest BCUT2D eigenvalue weighted by atomic mass is 16.1. The Morgan fingerprint density at radius 2 is 2.29 bits per heavy atom. The molecular weight excluding hydrogens is 214 g/mol. The Labute approximate surface area is 99.8 Å². The average molecular weight is 229 g/mol. The first-order chi connectivity index (χ1) is 8.16. The van der Waals surface area contributed by atoms with Crippen molar-refractivity contribution in [1.82, 2.24) is 10.2 Å². The molecule has 1 amide bonds. The van der Waals surface area contributed by atoms with Crippen molar-refractivity contribution in [2.75, 3.05) is 0 Å². The molecule has 4 nitrogen and oxygen atoms in total. The molecule has 1 heterocycles. The number of H-pyrrole nitrogens is 1. The SMILES string of the molecule is CC(Cc1cccc(-c2cn[nH]c2)c1)C(N)=O. The zero-order chi connectivity index (χ0) is 12.3. The second-order valence-corrected chi connectivity index (χ2v) is 4.19. The number of benzene rings is 1. The molecule has 2 rings (SSSR count). The number of nitrogens with one attached hydrogen (secondary N) is 1. The minimum Gasteiger partial charge on any atom is -0.369 e. The van der Waals surface area contributed by atoms with Crippen molar-refractivity contribution in [3.63, 3.8) is 0 Å². The Balaban J connectivity index is 2.20. The highest BCUT2D eigenvalue weighted by Crippen LogP contribution is 2.20. The minimum atomic E-state index is -0.265. The maximum absolute atomic E-state index is 11.0. The van der Waals surface area contributed by atoms with Gasteiger partial charge in [0.1, 0.15) is 0 Å². The number of hydrogen-bond acceptors (Lipinski definition) is 2. The van der Waals surface area contributed by atoms with Gasteiger partial charge in [-0.25, -0.2) is 0 Å². The van der Waals surface area contributed by atoms with Crippen LogP contribution in [0.25, 0.3) is 11.1 Å². The van der Waals surface area contributed by atoms with E-state index in [-0.39, 0.29) is 11.8 Å². The van der Waals surface area contributed by atoms with Crippen LogP contribution >= 0.6 is 0 Å². The maximum atomic E-state index is 11.0. The summed E-state index contributed by atoms with van der Waals surface area (Å²) < 4.78 is 0. The molecule has 1 unspecified atom stereocenters. The molecule has 1 atom stereocenters. The third-order valence-electron chi connectivity index (χ3n) is 2.79. The smallest absolute Gasteiger partial charge is 0.220 e. The number of nitrogens with two attached hydrogens (primary N) is 1. The van der Waals surface area contributed by atoms with Gasteiger partial charge in [-0.05, 0) is 17.5 Å². The summed E-state index contributed by atoms with van der Waals surface area (Å²) in [7, 11) is 0. The molecule has 0 fully saturated rings. The number of rotatable bonds is 4. The summed E-state index contributed by atoms with van der Waals surface area (Å²) in [6.45, 7) is 1.84. The normalized spacial score (nSPS) is 12.3. The Morgan fingerprint density at radius 3 is 2.94 bits per heavy atom. The Morgan fingerprint density at radius 1 is 1.47 bits per heavy atom. The van der Waals surface area contributed by atoms with Crippen molar-refractivity contribution in [1.29, 1.82) is 0 Å². The molecule has 17 heavy (non-hydrogen) atoms. The average Bonchev–Trinajstić information content (AvgIpc) is 2.82. The van der Waals surface area contributed by atoms with E-state index in [9.17, 15) is 4.79 Å². The van der Waals surface area contributed by atoms with E-state index in [1.54, 1.807) is 6.20 Å². The van der Waals surface area contributed by atoms with E-state index in [0.29, 0.717) is 6.42 Å². The van der Waals surface area contributed by atoms with E-state index in [2.05, 4.69) is 16.3 Å². The largest absolute Gasteiger partial charge is 0.369 e. The van der Waals surface area contributed by atoms with E-state index in [4.69, 9.17) is 5.73 Å². The summed E-state index contributed by atoms with van der Waals surface area (Å²) in [6.07, 6.45) is 4.29. The van der Waals surface area contributed by atoms with Gasteiger partial charge in [0.05, 0.1) is 6.20 Å². The minimum absolute atomic E-state index is 0.144. The molecule has 3 N–H and O–H groups in total. The lowest BCUT2D eigenvalue weighted by molar-refractivity contribution is -0.121. The molecule has 0 aliphatic heterocycles. The molecule has 1 aromatic carbocycles. The van der Waals surface area contributed by atoms with Crippen molar-refractivity contribution in [3.8, 4) is 11.1 Å². The summed E-state index contributed by atoms with van der Waals surface area (Å²) in [5.74, 6) is -0.409. The van der Waals surface area contributed by atoms with E-state index in [1.165, 1.54) is 0 Å². The first-order valence-corrected chi connectivity index (χ1v) is 5.54. The Bertz CT molecular complexity index is 505. The zero-order valence-electron chi connectivity index (χ0n) is 9.68. The molecule has 0 saturated heterocycles. The molecule has 1 aromatic heterocycles. The van der Waals surface area contributed by atoms with Gasteiger partial charge < -0.3 is 5.73 Å². The molecule has 0 bridgehead atoms. The predicted molar refractivity (Wildman–Crippen MR) is 66.1 cm³/mol. The number of nitrogens with zero attached hydrogens (tertiary/aromatic N) is 1. The maximum Gasteiger partial charge on any atom is 0.220 e. The molecule has 88 valence electrons. The van der Waals surface area contributed by atoms with Gasteiger partial charge in [-0.15, -0.1) is 0 Å². The van der Waals surface area contributed by atoms with Crippen LogP contribution in [0.1, 0.15) is 12.5 Å². The molecule has 0 aliphatic carbocycles. The number of primary amides is 1. The summed E-state index contributed by atoms with van der Waals surface area (Å²) >= 11 is 0. The summed E-state index contributed by atoms with van der Waals surface area (Å²) in [5.41, 5.74) is 8.50. The van der Waals surface area contributed by atoms with Gasteiger partial charge in [0.15, 0.2) is 0 Å². The third-order valence-corrected chi connectivity index (χ3v) is 2.79. The number of carbonyl (C=O) groups is 1. The number of aromatic amines is 1. The monoisotopic (exact) mass is 229 g/mol. The van der Waals surface area contributed by atoms with E-state index >= 15 is 0 Å². The first-order valence-electron chi connectivity index (χ1n) is 5.54. The van der Waals surface area contributed by atoms with Gasteiger partial charge in [0, 0.05) is 17.7 Å². The van der Waals surface area contributed by atoms with Crippen LogP contribution in [0.5, 0.6) is 0 Å². The first kappa shape index (κ1) is 11.4. The predicted octanol–water partition coefficient (Wildman–Crippen LogP) is 1.74. The Hall–Kier alpha value is -2.10. The number of aromatic nitrogens is 2. The van der Waals surface area contributed by atoms with Gasteiger partial charge in [-0.3, -0.25) is 9.89 Å². The topological polar surface area (TPSA) is 71.8 Å². The van der Waals surface area contributed by atoms with Gasteiger partial charge in [0.25, 0.3) is 0 Å². The lowest BCUT2D eigenvalue weighted by Crippen LogP contribution is -2.22. The molecule has 0 saturated carbocycles. The van der Waals surface area contributed by atoms with Crippen LogP contribution in [0.4, 0.5) is 0 Å². The molecule has 2 aromatic rings. The van der Waals surface area contributed by atoms with Gasteiger partial charge >= 0.3 is 0 Å². The zero-order valence-corrected chi connectivity index (χ0v) is 9.68. The number of amides is 1. The van der Waals surface area contributed by atoms with Crippen LogP contribution in [0.3, 0.4) is 0 Å². The van der Waals surface area contributed by atoms with Gasteiger partial charge in [0.2, 0.25) is 5.91 Å². The van der Waals surface area contributed by atoms with Crippen molar-refractivity contribution < 1.29 is 4.79 Å². The van der Waals surface area contributed by atoms with E-state index in [0.717, 1.165) is 16.7 Å². The van der Waals surface area contributed by atoms with E-state index < -0.39 is 0 Å². The van der Waals surface area contributed by atoms with Gasteiger partial charge in [-0.1, -0.05) is 31.2 Å². The van der Waals surface area contributed by atoms with Crippen LogP contribution in [0, 0.1) is 5.92 Å². The lowest BCUT2D eigenvalue weighted by atomic mass is 9.98. The van der Waals surface area contributed by atoms with E-state index in [1.807, 2.05) is 31.3 Å². The van der Waals surface area contributed by atoms with Crippen molar-refractivity contribution in [2.24, 2.45) is 11.7 Å². The molecule has 0 aliphatic rings. The highest BCUT2D eigenvalue weighted by Gasteiger charge is 2.10. The van der Waals surface area contributed by atoms with Crippen molar-refractivity contribution >= 4 is 5.91 Å². The molecule has 0 spiro atoms. The molecular formula is C13H15N3O. The summed E-state index contributed by atoms with van der Waals surface area (Å²) in [5, 5.41) is 6.70. The standard InChI is InChI=1S/C13H15N3O/c1-9(13(14)17)5-10-3-2-4-11(6-10)12-7-15-16-8-12/h2-4,6-9H,5H2,1H3,(H2,14,17)(H,15,16). The number of carbonyl (C=O) groups excluding carboxylic acids is 1. The third kappa shape index (κ3) is 2.72. The van der Waals surface area contributed by atoms with Crippen LogP contribution in [-0.2, 0) is 11.2 Å². The van der Waals surface area contributed by atoms with Crippen LogP contribution in [-0.4, -0.2) is 16.1 Å². The summed E-state index contributed by atoms with van der Waals surface area (Å²) in [6, 6.07) is 8.06. The van der Waals surface area contributed by atoms with Crippen molar-refractivity contribution in [2.45, 2.75) is 13.3 Å². The number of hydrogen-bond donors (Lipinski definition) is 2. The summed E-state index contributed by atoms with van der Waals surface area (Å²) in [4.78, 5) is 11.0. The fourth-order valence-corrected chi connectivity index (χ4v) is 1.74. The van der Waals surface area contributed by atoms with Crippen molar-refractivity contribution in [3.05, 3.63) is 42.2 Å². The van der Waals surface area contributed by atoms with Crippen LogP contribution < -0.4 is 5.73 Å². The fraction of sp³-hybridized carbons (Fsp3) is 0.231. The van der Waals surface area contributed by atoms with Crippen LogP contribution in [0.2, 0.25) is 0 Å².